The third-order valence-corrected chi connectivity index (χ3v) is 4.61. The number of hydrogen-bond acceptors (Lipinski definition) is 5. The van der Waals surface area contributed by atoms with Crippen molar-refractivity contribution >= 4 is 11.9 Å². The van der Waals surface area contributed by atoms with Gasteiger partial charge >= 0.3 is 11.9 Å². The number of hydrogen-bond donors (Lipinski definition) is 0. The van der Waals surface area contributed by atoms with E-state index in [0.717, 1.165) is 18.7 Å². The number of carbonyl (C=O) groups excluding carboxylic acids is 2. The zero-order valence-electron chi connectivity index (χ0n) is 15.9. The molecule has 0 aliphatic rings. The summed E-state index contributed by atoms with van der Waals surface area (Å²) in [5.74, 6) is -0.740. The zero-order chi connectivity index (χ0) is 18.7. The van der Waals surface area contributed by atoms with Crippen molar-refractivity contribution in [1.29, 1.82) is 0 Å². The van der Waals surface area contributed by atoms with Crippen molar-refractivity contribution in [3.05, 3.63) is 35.9 Å². The molecule has 25 heavy (non-hydrogen) atoms. The average Bonchev–Trinajstić information content (AvgIpc) is 2.64. The minimum Gasteiger partial charge on any atom is -0.465 e. The van der Waals surface area contributed by atoms with E-state index in [-0.39, 0.29) is 25.0 Å². The molecule has 1 aromatic carbocycles. The fourth-order valence-electron chi connectivity index (χ4n) is 2.92. The van der Waals surface area contributed by atoms with Gasteiger partial charge < -0.3 is 14.4 Å². The van der Waals surface area contributed by atoms with Crippen molar-refractivity contribution in [3.8, 4) is 0 Å². The number of benzene rings is 1. The highest BCUT2D eigenvalue weighted by Gasteiger charge is 2.42. The van der Waals surface area contributed by atoms with Crippen LogP contribution in [0.4, 0.5) is 0 Å². The van der Waals surface area contributed by atoms with Crippen molar-refractivity contribution in [2.24, 2.45) is 0 Å². The van der Waals surface area contributed by atoms with Crippen LogP contribution >= 0.6 is 0 Å². The minimum atomic E-state index is -0.996. The molecule has 1 aromatic rings. The first-order valence-corrected chi connectivity index (χ1v) is 9.14. The Balaban J connectivity index is 2.86. The van der Waals surface area contributed by atoms with Crippen molar-refractivity contribution in [2.75, 3.05) is 32.8 Å². The highest BCUT2D eigenvalue weighted by Crippen LogP contribution is 2.33. The third-order valence-electron chi connectivity index (χ3n) is 4.61. The lowest BCUT2D eigenvalue weighted by atomic mass is 9.75. The zero-order valence-corrected chi connectivity index (χ0v) is 15.9. The summed E-state index contributed by atoms with van der Waals surface area (Å²) in [5.41, 5.74) is -0.208. The second-order valence-corrected chi connectivity index (χ2v) is 5.95. The van der Waals surface area contributed by atoms with Gasteiger partial charge in [-0.1, -0.05) is 51.1 Å². The van der Waals surface area contributed by atoms with Gasteiger partial charge in [-0.05, 0) is 32.0 Å². The van der Waals surface area contributed by atoms with E-state index >= 15 is 0 Å². The van der Waals surface area contributed by atoms with Gasteiger partial charge in [-0.2, -0.15) is 0 Å². The predicted octanol–water partition coefficient (Wildman–Crippen LogP) is 3.17. The monoisotopic (exact) mass is 349 g/mol. The molecule has 0 heterocycles. The van der Waals surface area contributed by atoms with E-state index in [1.165, 1.54) is 0 Å². The molecule has 140 valence electrons. The largest absolute Gasteiger partial charge is 0.465 e. The summed E-state index contributed by atoms with van der Waals surface area (Å²) < 4.78 is 10.7. The van der Waals surface area contributed by atoms with Crippen LogP contribution in [0.15, 0.2) is 30.3 Å². The topological polar surface area (TPSA) is 55.8 Å². The van der Waals surface area contributed by atoms with Crippen LogP contribution in [-0.4, -0.2) is 49.7 Å². The molecule has 1 rings (SSSR count). The fraction of sp³-hybridized carbons (Fsp3) is 0.600. The lowest BCUT2D eigenvalue weighted by Gasteiger charge is -2.30. The molecule has 1 atom stereocenters. The molecule has 5 nitrogen and oxygen atoms in total. The van der Waals surface area contributed by atoms with Gasteiger partial charge in [0.1, 0.15) is 12.0 Å². The highest BCUT2D eigenvalue weighted by molar-refractivity contribution is 5.88. The molecule has 0 saturated heterocycles. The van der Waals surface area contributed by atoms with E-state index in [9.17, 15) is 9.59 Å². The molecule has 0 radical (unpaired) electrons. The van der Waals surface area contributed by atoms with E-state index in [1.807, 2.05) is 37.3 Å². The van der Waals surface area contributed by atoms with Gasteiger partial charge in [0.15, 0.2) is 0 Å². The lowest BCUT2D eigenvalue weighted by Crippen LogP contribution is -2.40. The highest BCUT2D eigenvalue weighted by atomic mass is 16.5. The first-order valence-electron chi connectivity index (χ1n) is 9.14. The first-order chi connectivity index (χ1) is 12.0. The minimum absolute atomic E-state index is 0.00933. The van der Waals surface area contributed by atoms with Crippen LogP contribution in [0.2, 0.25) is 0 Å². The second kappa shape index (κ2) is 10.9. The van der Waals surface area contributed by atoms with E-state index in [1.54, 1.807) is 6.92 Å². The Morgan fingerprint density at radius 1 is 1.00 bits per heavy atom. The van der Waals surface area contributed by atoms with E-state index < -0.39 is 5.41 Å². The van der Waals surface area contributed by atoms with Crippen molar-refractivity contribution in [2.45, 2.75) is 46.0 Å². The van der Waals surface area contributed by atoms with Gasteiger partial charge in [-0.3, -0.25) is 9.59 Å². The molecule has 1 unspecified atom stereocenters. The Kier molecular flexibility index (Phi) is 9.21. The smallest absolute Gasteiger partial charge is 0.317 e. The summed E-state index contributed by atoms with van der Waals surface area (Å²) in [7, 11) is 0. The molecule has 0 aliphatic carbocycles. The Hall–Kier alpha value is -1.88. The molecule has 5 heteroatoms. The van der Waals surface area contributed by atoms with Crippen LogP contribution in [-0.2, 0) is 24.5 Å². The molecule has 0 aromatic heterocycles. The fourth-order valence-corrected chi connectivity index (χ4v) is 2.92. The SMILES string of the molecule is CCOC(=O)C(CC)(CC(=O)OCCN(CC)CC)c1ccccc1. The third kappa shape index (κ3) is 5.85. The van der Waals surface area contributed by atoms with Gasteiger partial charge in [0, 0.05) is 6.54 Å². The first kappa shape index (κ1) is 21.2. The number of rotatable bonds is 11. The lowest BCUT2D eigenvalue weighted by molar-refractivity contribution is -0.157. The van der Waals surface area contributed by atoms with Gasteiger partial charge in [0.2, 0.25) is 0 Å². The quantitative estimate of drug-likeness (QED) is 0.574. The average molecular weight is 349 g/mol. The second-order valence-electron chi connectivity index (χ2n) is 5.95. The Bertz CT molecular complexity index is 528. The van der Waals surface area contributed by atoms with Gasteiger partial charge in [-0.25, -0.2) is 0 Å². The molecule has 0 fully saturated rings. The van der Waals surface area contributed by atoms with Crippen molar-refractivity contribution in [1.82, 2.24) is 4.90 Å². The summed E-state index contributed by atoms with van der Waals surface area (Å²) in [4.78, 5) is 27.3. The number of nitrogens with zero attached hydrogens (tertiary/aromatic N) is 1. The van der Waals surface area contributed by atoms with E-state index in [2.05, 4.69) is 18.7 Å². The van der Waals surface area contributed by atoms with E-state index in [4.69, 9.17) is 9.47 Å². The molecule has 0 aliphatic heterocycles. The van der Waals surface area contributed by atoms with Gasteiger partial charge in [-0.15, -0.1) is 0 Å². The van der Waals surface area contributed by atoms with Crippen LogP contribution in [0.1, 0.15) is 46.1 Å². The normalized spacial score (nSPS) is 13.3. The summed E-state index contributed by atoms with van der Waals surface area (Å²) in [5, 5.41) is 0. The number of likely N-dealkylation sites (N-methyl/N-ethyl adjacent to an activating group) is 1. The summed E-state index contributed by atoms with van der Waals surface area (Å²) >= 11 is 0. The van der Waals surface area contributed by atoms with E-state index in [0.29, 0.717) is 19.6 Å². The Morgan fingerprint density at radius 2 is 1.64 bits per heavy atom. The Labute approximate surface area is 151 Å². The van der Waals surface area contributed by atoms with Crippen LogP contribution in [0.25, 0.3) is 0 Å². The maximum Gasteiger partial charge on any atom is 0.317 e. The predicted molar refractivity (Wildman–Crippen MR) is 98.4 cm³/mol. The summed E-state index contributed by atoms with van der Waals surface area (Å²) in [6, 6.07) is 9.35. The van der Waals surface area contributed by atoms with Crippen LogP contribution in [0, 0.1) is 0 Å². The molecule has 0 saturated carbocycles. The molecule has 0 bridgehead atoms. The molecule has 0 amide bonds. The number of esters is 2. The maximum absolute atomic E-state index is 12.7. The number of ether oxygens (including phenoxy) is 2. The van der Waals surface area contributed by atoms with Crippen LogP contribution in [0.5, 0.6) is 0 Å². The molecular weight excluding hydrogens is 318 g/mol. The Morgan fingerprint density at radius 3 is 2.16 bits per heavy atom. The summed E-state index contributed by atoms with van der Waals surface area (Å²) in [6.07, 6.45) is 0.464. The van der Waals surface area contributed by atoms with Crippen molar-refractivity contribution in [3.63, 3.8) is 0 Å². The van der Waals surface area contributed by atoms with Gasteiger partial charge in [0.25, 0.3) is 0 Å². The van der Waals surface area contributed by atoms with Crippen molar-refractivity contribution < 1.29 is 19.1 Å². The van der Waals surface area contributed by atoms with Crippen LogP contribution in [0.3, 0.4) is 0 Å². The standard InChI is InChI=1S/C20H31NO4/c1-5-20(19(23)24-8-4,17-12-10-9-11-13-17)16-18(22)25-15-14-21(6-2)7-3/h9-13H,5-8,14-16H2,1-4H3. The summed E-state index contributed by atoms with van der Waals surface area (Å²) in [6.45, 7) is 11.0. The maximum atomic E-state index is 12.7. The molecule has 0 N–H and O–H groups in total. The van der Waals surface area contributed by atoms with Gasteiger partial charge in [0.05, 0.1) is 13.0 Å². The van der Waals surface area contributed by atoms with Crippen LogP contribution < -0.4 is 0 Å². The molecular formula is C20H31NO4. The molecule has 0 spiro atoms. The number of carbonyl (C=O) groups is 2.